The summed E-state index contributed by atoms with van der Waals surface area (Å²) in [5.41, 5.74) is 2.76. The van der Waals surface area contributed by atoms with E-state index in [2.05, 4.69) is 4.98 Å². The number of rotatable bonds is 7. The first-order chi connectivity index (χ1) is 14.8. The Morgan fingerprint density at radius 2 is 1.68 bits per heavy atom. The zero-order valence-corrected chi connectivity index (χ0v) is 17.6. The van der Waals surface area contributed by atoms with Crippen LogP contribution in [-0.4, -0.2) is 25.4 Å². The highest BCUT2D eigenvalue weighted by Crippen LogP contribution is 2.26. The van der Waals surface area contributed by atoms with E-state index in [1.807, 2.05) is 18.2 Å². The molecule has 1 unspecified atom stereocenters. The summed E-state index contributed by atoms with van der Waals surface area (Å²) in [6.07, 6.45) is 1.47. The zero-order valence-electron chi connectivity index (χ0n) is 16.8. The molecular weight excluding hydrogens is 417 g/mol. The maximum Gasteiger partial charge on any atom is 0.202 e. The number of ketones is 1. The third kappa shape index (κ3) is 4.88. The third-order valence-corrected chi connectivity index (χ3v) is 6.24. The Kier molecular flexibility index (Phi) is 5.69. The largest absolute Gasteiger partial charge is 0.440 e. The normalized spacial score (nSPS) is 12.7. The molecule has 4 aromatic rings. The molecule has 7 heteroatoms. The number of benzene rings is 3. The van der Waals surface area contributed by atoms with E-state index in [-0.39, 0.29) is 22.9 Å². The molecule has 158 valence electrons. The Balaban J connectivity index is 1.64. The Bertz CT molecular complexity index is 1290. The van der Waals surface area contributed by atoms with Crippen LogP contribution < -0.4 is 0 Å². The number of para-hydroxylation sites is 2. The number of carbonyl (C=O) groups is 1. The molecule has 0 fully saturated rings. The van der Waals surface area contributed by atoms with E-state index in [0.29, 0.717) is 29.0 Å². The predicted molar refractivity (Wildman–Crippen MR) is 115 cm³/mol. The van der Waals surface area contributed by atoms with Gasteiger partial charge in [-0.15, -0.1) is 0 Å². The van der Waals surface area contributed by atoms with Crippen molar-refractivity contribution in [2.24, 2.45) is 0 Å². The fraction of sp³-hybridized carbons (Fsp3) is 0.167. The van der Waals surface area contributed by atoms with Crippen molar-refractivity contribution in [2.75, 3.05) is 6.26 Å². The molecule has 0 N–H and O–H groups in total. The summed E-state index contributed by atoms with van der Waals surface area (Å²) in [6.45, 7) is 0. The average Bonchev–Trinajstić information content (AvgIpc) is 3.15. The van der Waals surface area contributed by atoms with Gasteiger partial charge in [0.1, 0.15) is 17.1 Å². The van der Waals surface area contributed by atoms with Crippen molar-refractivity contribution in [3.05, 3.63) is 95.6 Å². The second kappa shape index (κ2) is 8.43. The number of hydrogen-bond acceptors (Lipinski definition) is 5. The number of fused-ring (bicyclic) bond motifs is 1. The van der Waals surface area contributed by atoms with E-state index in [4.69, 9.17) is 4.42 Å². The highest BCUT2D eigenvalue weighted by molar-refractivity contribution is 7.90. The van der Waals surface area contributed by atoms with E-state index in [9.17, 15) is 17.6 Å². The molecule has 0 bridgehead atoms. The lowest BCUT2D eigenvalue weighted by Gasteiger charge is -2.16. The minimum Gasteiger partial charge on any atom is -0.440 e. The molecule has 0 aliphatic rings. The molecule has 3 aromatic carbocycles. The number of halogens is 1. The summed E-state index contributed by atoms with van der Waals surface area (Å²) < 4.78 is 42.5. The van der Waals surface area contributed by atoms with Gasteiger partial charge in [0.25, 0.3) is 0 Å². The van der Waals surface area contributed by atoms with E-state index in [1.54, 1.807) is 30.3 Å². The first-order valence-corrected chi connectivity index (χ1v) is 11.6. The van der Waals surface area contributed by atoms with Crippen molar-refractivity contribution in [3.63, 3.8) is 0 Å². The quantitative estimate of drug-likeness (QED) is 0.425. The summed E-state index contributed by atoms with van der Waals surface area (Å²) in [5.74, 6) is -0.712. The fourth-order valence-corrected chi connectivity index (χ4v) is 4.12. The van der Waals surface area contributed by atoms with Gasteiger partial charge in [-0.2, -0.15) is 0 Å². The molecule has 1 atom stereocenters. The van der Waals surface area contributed by atoms with E-state index in [0.717, 1.165) is 11.8 Å². The Morgan fingerprint density at radius 3 is 2.32 bits per heavy atom. The van der Waals surface area contributed by atoms with E-state index >= 15 is 0 Å². The molecule has 0 saturated carbocycles. The van der Waals surface area contributed by atoms with Crippen LogP contribution in [-0.2, 0) is 27.5 Å². The van der Waals surface area contributed by atoms with Gasteiger partial charge in [-0.25, -0.2) is 17.8 Å². The minimum absolute atomic E-state index is 0.00559. The third-order valence-electron chi connectivity index (χ3n) is 5.12. The van der Waals surface area contributed by atoms with Crippen LogP contribution in [0.25, 0.3) is 11.1 Å². The molecule has 0 spiro atoms. The summed E-state index contributed by atoms with van der Waals surface area (Å²) >= 11 is 0. The molecule has 0 radical (unpaired) electrons. The molecule has 0 aliphatic heterocycles. The first-order valence-electron chi connectivity index (χ1n) is 9.71. The average molecular weight is 437 g/mol. The molecule has 0 amide bonds. The smallest absolute Gasteiger partial charge is 0.202 e. The second-order valence-corrected chi connectivity index (χ2v) is 9.46. The summed E-state index contributed by atoms with van der Waals surface area (Å²) in [6, 6.07) is 19.5. The molecule has 0 saturated heterocycles. The van der Waals surface area contributed by atoms with Crippen LogP contribution in [0.3, 0.4) is 0 Å². The summed E-state index contributed by atoms with van der Waals surface area (Å²) in [7, 11) is -3.34. The van der Waals surface area contributed by atoms with Crippen LogP contribution in [0.1, 0.15) is 22.9 Å². The van der Waals surface area contributed by atoms with Gasteiger partial charge in [-0.05, 0) is 53.9 Å². The van der Waals surface area contributed by atoms with Crippen molar-refractivity contribution in [1.82, 2.24) is 4.98 Å². The molecular formula is C24H20FNO4S. The van der Waals surface area contributed by atoms with Crippen molar-refractivity contribution >= 4 is 26.7 Å². The molecule has 1 heterocycles. The summed E-state index contributed by atoms with van der Waals surface area (Å²) in [4.78, 5) is 17.8. The van der Waals surface area contributed by atoms with Gasteiger partial charge in [0.15, 0.2) is 15.4 Å². The maximum atomic E-state index is 13.3. The molecule has 1 aromatic heterocycles. The molecule has 4 rings (SSSR count). The summed E-state index contributed by atoms with van der Waals surface area (Å²) in [5, 5.41) is 0. The van der Waals surface area contributed by atoms with Crippen molar-refractivity contribution in [2.45, 2.75) is 23.7 Å². The van der Waals surface area contributed by atoms with E-state index in [1.165, 1.54) is 24.3 Å². The lowest BCUT2D eigenvalue weighted by molar-refractivity contribution is -0.120. The number of oxazole rings is 1. The Labute approximate surface area is 179 Å². The second-order valence-electron chi connectivity index (χ2n) is 7.44. The first kappa shape index (κ1) is 20.9. The van der Waals surface area contributed by atoms with Crippen LogP contribution in [0.5, 0.6) is 0 Å². The minimum atomic E-state index is -3.34. The van der Waals surface area contributed by atoms with Crippen LogP contribution in [0.15, 0.2) is 82.1 Å². The van der Waals surface area contributed by atoms with Gasteiger partial charge in [0, 0.05) is 12.2 Å². The molecule has 0 aliphatic carbocycles. The highest BCUT2D eigenvalue weighted by Gasteiger charge is 2.24. The number of carbonyl (C=O) groups excluding carboxylic acids is 1. The van der Waals surface area contributed by atoms with Crippen LogP contribution >= 0.6 is 0 Å². The SMILES string of the molecule is CS(=O)(=O)c1ccc(C(Cc2ccc(F)cc2)C(=O)Cc2nc3ccccc3o2)cc1. The van der Waals surface area contributed by atoms with Crippen LogP contribution in [0.4, 0.5) is 4.39 Å². The lowest BCUT2D eigenvalue weighted by atomic mass is 9.87. The number of sulfone groups is 1. The zero-order chi connectivity index (χ0) is 22.0. The number of hydrogen-bond donors (Lipinski definition) is 0. The van der Waals surface area contributed by atoms with Gasteiger partial charge in [0.05, 0.1) is 11.3 Å². The van der Waals surface area contributed by atoms with Gasteiger partial charge in [-0.3, -0.25) is 4.79 Å². The lowest BCUT2D eigenvalue weighted by Crippen LogP contribution is -2.18. The van der Waals surface area contributed by atoms with Gasteiger partial charge in [-0.1, -0.05) is 36.4 Å². The molecule has 31 heavy (non-hydrogen) atoms. The van der Waals surface area contributed by atoms with Crippen LogP contribution in [0, 0.1) is 5.82 Å². The van der Waals surface area contributed by atoms with Crippen molar-refractivity contribution < 1.29 is 22.0 Å². The van der Waals surface area contributed by atoms with Crippen LogP contribution in [0.2, 0.25) is 0 Å². The van der Waals surface area contributed by atoms with Crippen molar-refractivity contribution in [3.8, 4) is 0 Å². The number of Topliss-reactive ketones (excluding diaryl/α,β-unsaturated/α-hetero) is 1. The number of nitrogens with zero attached hydrogens (tertiary/aromatic N) is 1. The standard InChI is InChI=1S/C24H20FNO4S/c1-31(28,29)19-12-8-17(9-13-19)20(14-16-6-10-18(25)11-7-16)22(27)15-24-26-21-4-2-3-5-23(21)30-24/h2-13,20H,14-15H2,1H3. The number of aromatic nitrogens is 1. The van der Waals surface area contributed by atoms with Crippen molar-refractivity contribution in [1.29, 1.82) is 0 Å². The van der Waals surface area contributed by atoms with Gasteiger partial charge in [0.2, 0.25) is 5.89 Å². The Hall–Kier alpha value is -3.32. The monoisotopic (exact) mass is 437 g/mol. The maximum absolute atomic E-state index is 13.3. The predicted octanol–water partition coefficient (Wildman–Crippen LogP) is 4.51. The molecule has 5 nitrogen and oxygen atoms in total. The van der Waals surface area contributed by atoms with Gasteiger partial charge >= 0.3 is 0 Å². The highest BCUT2D eigenvalue weighted by atomic mass is 32.2. The van der Waals surface area contributed by atoms with E-state index < -0.39 is 15.8 Å². The Morgan fingerprint density at radius 1 is 1.00 bits per heavy atom. The topological polar surface area (TPSA) is 77.2 Å². The van der Waals surface area contributed by atoms with Gasteiger partial charge < -0.3 is 4.42 Å². The fourth-order valence-electron chi connectivity index (χ4n) is 3.49.